The lowest BCUT2D eigenvalue weighted by atomic mass is 9.93. The summed E-state index contributed by atoms with van der Waals surface area (Å²) in [6, 6.07) is 6.38. The lowest BCUT2D eigenvalue weighted by Gasteiger charge is -2.18. The molecule has 2 rings (SSSR count). The van der Waals surface area contributed by atoms with Crippen LogP contribution in [0.5, 0.6) is 0 Å². The number of benzene rings is 1. The molecular weight excluding hydrogens is 204 g/mol. The Bertz CT molecular complexity index is 322. The summed E-state index contributed by atoms with van der Waals surface area (Å²) in [5.74, 6) is 2.76. The molecule has 1 N–H and O–H groups in total. The van der Waals surface area contributed by atoms with Crippen LogP contribution in [0.3, 0.4) is 0 Å². The Labute approximate surface area is 95.9 Å². The zero-order valence-corrected chi connectivity index (χ0v) is 10.2. The van der Waals surface area contributed by atoms with E-state index in [1.165, 1.54) is 16.9 Å². The Balaban J connectivity index is 2.20. The van der Waals surface area contributed by atoms with E-state index in [-0.39, 0.29) is 6.10 Å². The second kappa shape index (κ2) is 4.58. The van der Waals surface area contributed by atoms with Crippen LogP contribution in [0.1, 0.15) is 29.2 Å². The predicted molar refractivity (Wildman–Crippen MR) is 66.3 cm³/mol. The lowest BCUT2D eigenvalue weighted by Crippen LogP contribution is -2.12. The maximum atomic E-state index is 10.3. The summed E-state index contributed by atoms with van der Waals surface area (Å²) in [6.07, 6.45) is 0.886. The number of thioether (sulfide) groups is 1. The minimum absolute atomic E-state index is 0.265. The molecule has 0 radical (unpaired) electrons. The van der Waals surface area contributed by atoms with Gasteiger partial charge in [0, 0.05) is 0 Å². The molecule has 15 heavy (non-hydrogen) atoms. The third-order valence-electron chi connectivity index (χ3n) is 3.00. The van der Waals surface area contributed by atoms with E-state index in [9.17, 15) is 5.11 Å². The molecule has 0 bridgehead atoms. The number of rotatable bonds is 2. The monoisotopic (exact) mass is 222 g/mol. The van der Waals surface area contributed by atoms with Crippen molar-refractivity contribution in [1.29, 1.82) is 0 Å². The van der Waals surface area contributed by atoms with Crippen LogP contribution in [0.2, 0.25) is 0 Å². The van der Waals surface area contributed by atoms with E-state index in [2.05, 4.69) is 32.0 Å². The quantitative estimate of drug-likeness (QED) is 0.830. The van der Waals surface area contributed by atoms with Gasteiger partial charge in [0.15, 0.2) is 0 Å². The van der Waals surface area contributed by atoms with Crippen LogP contribution in [0, 0.1) is 19.8 Å². The predicted octanol–water partition coefficient (Wildman–Crippen LogP) is 3.09. The Morgan fingerprint density at radius 1 is 1.27 bits per heavy atom. The van der Waals surface area contributed by atoms with Crippen molar-refractivity contribution >= 4 is 11.8 Å². The molecule has 1 saturated heterocycles. The highest BCUT2D eigenvalue weighted by Crippen LogP contribution is 2.34. The molecule has 0 aliphatic carbocycles. The van der Waals surface area contributed by atoms with Crippen molar-refractivity contribution in [3.63, 3.8) is 0 Å². The highest BCUT2D eigenvalue weighted by atomic mass is 32.2. The molecule has 1 aromatic carbocycles. The van der Waals surface area contributed by atoms with Crippen LogP contribution in [0.25, 0.3) is 0 Å². The SMILES string of the molecule is Cc1cc(C)cc(C(O)C2CCSC2)c1. The van der Waals surface area contributed by atoms with E-state index in [1.807, 2.05) is 11.8 Å². The average Bonchev–Trinajstić information content (AvgIpc) is 2.67. The molecule has 2 atom stereocenters. The summed E-state index contributed by atoms with van der Waals surface area (Å²) >= 11 is 1.95. The van der Waals surface area contributed by atoms with Crippen molar-refractivity contribution in [2.45, 2.75) is 26.4 Å². The van der Waals surface area contributed by atoms with Crippen molar-refractivity contribution in [3.8, 4) is 0 Å². The summed E-state index contributed by atoms with van der Waals surface area (Å²) in [5, 5.41) is 10.3. The van der Waals surface area contributed by atoms with Gasteiger partial charge >= 0.3 is 0 Å². The Kier molecular flexibility index (Phi) is 3.37. The smallest absolute Gasteiger partial charge is 0.0826 e. The molecule has 1 aliphatic rings. The molecule has 0 spiro atoms. The summed E-state index contributed by atoms with van der Waals surface area (Å²) < 4.78 is 0. The summed E-state index contributed by atoms with van der Waals surface area (Å²) in [7, 11) is 0. The zero-order valence-electron chi connectivity index (χ0n) is 9.36. The number of hydrogen-bond acceptors (Lipinski definition) is 2. The molecule has 1 aromatic rings. The van der Waals surface area contributed by atoms with Crippen LogP contribution >= 0.6 is 11.8 Å². The standard InChI is InChI=1S/C13H18OS/c1-9-5-10(2)7-12(6-9)13(14)11-3-4-15-8-11/h5-7,11,13-14H,3-4,8H2,1-2H3. The second-order valence-corrected chi connectivity index (χ2v) is 5.64. The van der Waals surface area contributed by atoms with Gasteiger partial charge < -0.3 is 5.11 Å². The molecule has 1 aliphatic heterocycles. The van der Waals surface area contributed by atoms with E-state index < -0.39 is 0 Å². The summed E-state index contributed by atoms with van der Waals surface area (Å²) in [6.45, 7) is 4.18. The third-order valence-corrected chi connectivity index (χ3v) is 4.19. The van der Waals surface area contributed by atoms with Gasteiger partial charge in [0.2, 0.25) is 0 Å². The van der Waals surface area contributed by atoms with Gasteiger partial charge in [-0.05, 0) is 43.3 Å². The molecule has 1 heterocycles. The van der Waals surface area contributed by atoms with Crippen molar-refractivity contribution < 1.29 is 5.11 Å². The first-order valence-corrected chi connectivity index (χ1v) is 6.66. The van der Waals surface area contributed by atoms with E-state index in [1.54, 1.807) is 0 Å². The van der Waals surface area contributed by atoms with Crippen molar-refractivity contribution in [2.24, 2.45) is 5.92 Å². The fourth-order valence-corrected chi connectivity index (χ4v) is 3.54. The molecular formula is C13H18OS. The number of aryl methyl sites for hydroxylation is 2. The molecule has 82 valence electrons. The van der Waals surface area contributed by atoms with Crippen LogP contribution in [-0.4, -0.2) is 16.6 Å². The third kappa shape index (κ3) is 2.56. The second-order valence-electron chi connectivity index (χ2n) is 4.49. The number of hydrogen-bond donors (Lipinski definition) is 1. The van der Waals surface area contributed by atoms with Crippen LogP contribution in [0.15, 0.2) is 18.2 Å². The molecule has 1 nitrogen and oxygen atoms in total. The Morgan fingerprint density at radius 2 is 1.93 bits per heavy atom. The average molecular weight is 222 g/mol. The van der Waals surface area contributed by atoms with Gasteiger partial charge in [0.1, 0.15) is 0 Å². The van der Waals surface area contributed by atoms with Crippen molar-refractivity contribution in [3.05, 3.63) is 34.9 Å². The van der Waals surface area contributed by atoms with E-state index in [0.717, 1.165) is 17.7 Å². The van der Waals surface area contributed by atoms with Gasteiger partial charge in [0.25, 0.3) is 0 Å². The van der Waals surface area contributed by atoms with E-state index in [0.29, 0.717) is 5.92 Å². The van der Waals surface area contributed by atoms with Gasteiger partial charge in [-0.15, -0.1) is 0 Å². The zero-order chi connectivity index (χ0) is 10.8. The topological polar surface area (TPSA) is 20.2 Å². The van der Waals surface area contributed by atoms with Gasteiger partial charge in [-0.2, -0.15) is 11.8 Å². The van der Waals surface area contributed by atoms with E-state index >= 15 is 0 Å². The van der Waals surface area contributed by atoms with Gasteiger partial charge in [-0.3, -0.25) is 0 Å². The fourth-order valence-electron chi connectivity index (χ4n) is 2.25. The summed E-state index contributed by atoms with van der Waals surface area (Å²) in [4.78, 5) is 0. The van der Waals surface area contributed by atoms with Crippen LogP contribution in [0.4, 0.5) is 0 Å². The highest BCUT2D eigenvalue weighted by molar-refractivity contribution is 7.99. The normalized spacial score (nSPS) is 23.0. The number of aliphatic hydroxyl groups excluding tert-OH is 1. The van der Waals surface area contributed by atoms with E-state index in [4.69, 9.17) is 0 Å². The maximum Gasteiger partial charge on any atom is 0.0826 e. The van der Waals surface area contributed by atoms with Crippen LogP contribution < -0.4 is 0 Å². The van der Waals surface area contributed by atoms with Crippen molar-refractivity contribution in [1.82, 2.24) is 0 Å². The molecule has 0 saturated carbocycles. The minimum Gasteiger partial charge on any atom is -0.388 e. The fraction of sp³-hybridized carbons (Fsp3) is 0.538. The minimum atomic E-state index is -0.265. The molecule has 2 unspecified atom stereocenters. The molecule has 2 heteroatoms. The first-order chi connectivity index (χ1) is 7.16. The lowest BCUT2D eigenvalue weighted by molar-refractivity contribution is 0.121. The van der Waals surface area contributed by atoms with Gasteiger partial charge in [0.05, 0.1) is 6.10 Å². The van der Waals surface area contributed by atoms with Crippen molar-refractivity contribution in [2.75, 3.05) is 11.5 Å². The summed E-state index contributed by atoms with van der Waals surface area (Å²) in [5.41, 5.74) is 3.59. The molecule has 0 amide bonds. The first kappa shape index (κ1) is 11.0. The molecule has 1 fully saturated rings. The molecule has 0 aromatic heterocycles. The Morgan fingerprint density at radius 3 is 2.47 bits per heavy atom. The highest BCUT2D eigenvalue weighted by Gasteiger charge is 2.24. The maximum absolute atomic E-state index is 10.3. The van der Waals surface area contributed by atoms with Crippen LogP contribution in [-0.2, 0) is 0 Å². The van der Waals surface area contributed by atoms with Gasteiger partial charge in [-0.1, -0.05) is 29.3 Å². The Hall–Kier alpha value is -0.470. The largest absolute Gasteiger partial charge is 0.388 e. The van der Waals surface area contributed by atoms with Gasteiger partial charge in [-0.25, -0.2) is 0 Å². The number of aliphatic hydroxyl groups is 1. The first-order valence-electron chi connectivity index (χ1n) is 5.51.